The Morgan fingerprint density at radius 2 is 1.87 bits per heavy atom. The molecule has 0 saturated carbocycles. The molecule has 4 heteroatoms. The first-order valence-corrected chi connectivity index (χ1v) is 5.53. The fourth-order valence-electron chi connectivity index (χ4n) is 1.44. The van der Waals surface area contributed by atoms with Crippen LogP contribution in [0.2, 0.25) is 0 Å². The van der Waals surface area contributed by atoms with E-state index in [0.717, 1.165) is 16.4 Å². The Morgan fingerprint density at radius 3 is 2.40 bits per heavy atom. The van der Waals surface area contributed by atoms with E-state index in [0.29, 0.717) is 0 Å². The van der Waals surface area contributed by atoms with Crippen LogP contribution in [0.25, 0.3) is 11.3 Å². The normalized spacial score (nSPS) is 10.3. The van der Waals surface area contributed by atoms with Gasteiger partial charge < -0.3 is 0 Å². The van der Waals surface area contributed by atoms with Crippen molar-refractivity contribution in [2.45, 2.75) is 13.8 Å². The number of nitrogen functional groups attached to an aromatic ring is 1. The van der Waals surface area contributed by atoms with Crippen LogP contribution in [-0.4, -0.2) is 4.98 Å². The predicted octanol–water partition coefficient (Wildman–Crippen LogP) is 2.71. The van der Waals surface area contributed by atoms with Gasteiger partial charge in [-0.2, -0.15) is 0 Å². The van der Waals surface area contributed by atoms with Crippen LogP contribution >= 0.6 is 11.3 Å². The Bertz CT molecular complexity index is 459. The molecule has 1 aromatic heterocycles. The number of nitrogens with two attached hydrogens (primary N) is 1. The molecule has 0 fully saturated rings. The third kappa shape index (κ3) is 2.00. The highest BCUT2D eigenvalue weighted by Gasteiger charge is 2.08. The third-order valence-corrected chi connectivity index (χ3v) is 3.15. The van der Waals surface area contributed by atoms with E-state index in [1.54, 1.807) is 11.3 Å². The van der Waals surface area contributed by atoms with E-state index in [-0.39, 0.29) is 0 Å². The monoisotopic (exact) mass is 219 g/mol. The van der Waals surface area contributed by atoms with Crippen molar-refractivity contribution in [2.75, 3.05) is 5.43 Å². The number of hydrogen-bond acceptors (Lipinski definition) is 4. The van der Waals surface area contributed by atoms with Crippen molar-refractivity contribution < 1.29 is 0 Å². The zero-order valence-corrected chi connectivity index (χ0v) is 9.56. The number of hydrogen-bond donors (Lipinski definition) is 2. The molecule has 15 heavy (non-hydrogen) atoms. The Labute approximate surface area is 92.9 Å². The van der Waals surface area contributed by atoms with Crippen LogP contribution in [0, 0.1) is 13.8 Å². The van der Waals surface area contributed by atoms with E-state index < -0.39 is 0 Å². The maximum Gasteiger partial charge on any atom is 0.197 e. The van der Waals surface area contributed by atoms with E-state index in [1.165, 1.54) is 10.4 Å². The first-order chi connectivity index (χ1) is 7.20. The van der Waals surface area contributed by atoms with Crippen LogP contribution in [0.4, 0.5) is 5.13 Å². The fraction of sp³-hybridized carbons (Fsp3) is 0.182. The van der Waals surface area contributed by atoms with E-state index in [4.69, 9.17) is 5.84 Å². The highest BCUT2D eigenvalue weighted by Crippen LogP contribution is 2.29. The summed E-state index contributed by atoms with van der Waals surface area (Å²) in [5, 5.41) is 0.753. The Kier molecular flexibility index (Phi) is 2.70. The molecule has 0 saturated heterocycles. The lowest BCUT2D eigenvalue weighted by molar-refractivity contribution is 1.28. The fourth-order valence-corrected chi connectivity index (χ4v) is 2.18. The van der Waals surface area contributed by atoms with Crippen molar-refractivity contribution in [3.63, 3.8) is 0 Å². The second-order valence-electron chi connectivity index (χ2n) is 3.43. The van der Waals surface area contributed by atoms with Gasteiger partial charge in [0.1, 0.15) is 0 Å². The summed E-state index contributed by atoms with van der Waals surface area (Å²) in [7, 11) is 0. The number of thiazole rings is 1. The van der Waals surface area contributed by atoms with Crippen molar-refractivity contribution in [2.24, 2.45) is 5.84 Å². The molecule has 0 aliphatic rings. The maximum absolute atomic E-state index is 5.33. The van der Waals surface area contributed by atoms with Gasteiger partial charge in [-0.15, -0.1) is 11.3 Å². The number of benzene rings is 1. The standard InChI is InChI=1S/C11H13N3S/c1-7-3-5-9(6-4-7)10-8(2)15-11(13-10)14-12/h3-6H,12H2,1-2H3,(H,13,14). The molecule has 0 radical (unpaired) electrons. The second kappa shape index (κ2) is 4.00. The van der Waals surface area contributed by atoms with Gasteiger partial charge in [-0.25, -0.2) is 10.8 Å². The molecule has 2 aromatic rings. The van der Waals surface area contributed by atoms with Gasteiger partial charge >= 0.3 is 0 Å². The van der Waals surface area contributed by atoms with Crippen LogP contribution in [-0.2, 0) is 0 Å². The highest BCUT2D eigenvalue weighted by molar-refractivity contribution is 7.15. The van der Waals surface area contributed by atoms with Crippen molar-refractivity contribution in [1.82, 2.24) is 4.98 Å². The van der Waals surface area contributed by atoms with Crippen molar-refractivity contribution in [1.29, 1.82) is 0 Å². The molecule has 3 nitrogen and oxygen atoms in total. The van der Waals surface area contributed by atoms with Crippen LogP contribution in [0.15, 0.2) is 24.3 Å². The van der Waals surface area contributed by atoms with E-state index in [9.17, 15) is 0 Å². The Balaban J connectivity index is 2.44. The summed E-state index contributed by atoms with van der Waals surface area (Å²) in [5.74, 6) is 5.33. The third-order valence-electron chi connectivity index (χ3n) is 2.25. The molecule has 1 heterocycles. The van der Waals surface area contributed by atoms with Gasteiger partial charge in [0.05, 0.1) is 5.69 Å². The van der Waals surface area contributed by atoms with Gasteiger partial charge in [-0.1, -0.05) is 29.8 Å². The van der Waals surface area contributed by atoms with Crippen molar-refractivity contribution in [3.05, 3.63) is 34.7 Å². The lowest BCUT2D eigenvalue weighted by Crippen LogP contribution is -2.05. The number of anilines is 1. The zero-order chi connectivity index (χ0) is 10.8. The van der Waals surface area contributed by atoms with E-state index in [1.807, 2.05) is 6.92 Å². The summed E-state index contributed by atoms with van der Waals surface area (Å²) >= 11 is 1.57. The summed E-state index contributed by atoms with van der Waals surface area (Å²) in [6.07, 6.45) is 0. The maximum atomic E-state index is 5.33. The molecule has 0 amide bonds. The molecule has 0 bridgehead atoms. The van der Waals surface area contributed by atoms with Gasteiger partial charge in [0, 0.05) is 10.4 Å². The summed E-state index contributed by atoms with van der Waals surface area (Å²) in [6.45, 7) is 4.12. The number of aromatic nitrogens is 1. The minimum atomic E-state index is 0.753. The molecule has 0 atom stereocenters. The molecular weight excluding hydrogens is 206 g/mol. The number of aryl methyl sites for hydroxylation is 2. The molecule has 1 aromatic carbocycles. The van der Waals surface area contributed by atoms with Gasteiger partial charge in [0.2, 0.25) is 0 Å². The molecule has 0 spiro atoms. The predicted molar refractivity (Wildman–Crippen MR) is 64.8 cm³/mol. The van der Waals surface area contributed by atoms with Crippen LogP contribution < -0.4 is 11.3 Å². The number of rotatable bonds is 2. The first-order valence-electron chi connectivity index (χ1n) is 4.72. The molecule has 0 unspecified atom stereocenters. The van der Waals surface area contributed by atoms with Gasteiger partial charge in [0.25, 0.3) is 0 Å². The largest absolute Gasteiger partial charge is 0.300 e. The lowest BCUT2D eigenvalue weighted by atomic mass is 10.1. The lowest BCUT2D eigenvalue weighted by Gasteiger charge is -1.98. The van der Waals surface area contributed by atoms with Gasteiger partial charge in [0.15, 0.2) is 5.13 Å². The summed E-state index contributed by atoms with van der Waals surface area (Å²) in [6, 6.07) is 8.34. The van der Waals surface area contributed by atoms with E-state index >= 15 is 0 Å². The topological polar surface area (TPSA) is 50.9 Å². The molecule has 3 N–H and O–H groups in total. The molecule has 2 rings (SSSR count). The number of nitrogens with one attached hydrogen (secondary N) is 1. The van der Waals surface area contributed by atoms with E-state index in [2.05, 4.69) is 41.6 Å². The van der Waals surface area contributed by atoms with Crippen molar-refractivity contribution >= 4 is 16.5 Å². The average molecular weight is 219 g/mol. The first kappa shape index (κ1) is 10.1. The van der Waals surface area contributed by atoms with Crippen LogP contribution in [0.5, 0.6) is 0 Å². The SMILES string of the molecule is Cc1ccc(-c2nc(NN)sc2C)cc1. The quantitative estimate of drug-likeness (QED) is 0.603. The summed E-state index contributed by atoms with van der Waals surface area (Å²) in [5.41, 5.74) is 5.97. The molecule has 0 aliphatic heterocycles. The van der Waals surface area contributed by atoms with Crippen LogP contribution in [0.1, 0.15) is 10.4 Å². The van der Waals surface area contributed by atoms with Gasteiger partial charge in [-0.05, 0) is 13.8 Å². The average Bonchev–Trinajstić information content (AvgIpc) is 2.61. The molecular formula is C11H13N3S. The minimum absolute atomic E-state index is 0.753. The van der Waals surface area contributed by atoms with Gasteiger partial charge in [-0.3, -0.25) is 5.43 Å². The minimum Gasteiger partial charge on any atom is -0.300 e. The smallest absolute Gasteiger partial charge is 0.197 e. The molecule has 78 valence electrons. The Hall–Kier alpha value is -1.39. The summed E-state index contributed by atoms with van der Waals surface area (Å²) in [4.78, 5) is 5.58. The summed E-state index contributed by atoms with van der Waals surface area (Å²) < 4.78 is 0. The second-order valence-corrected chi connectivity index (χ2v) is 4.64. The number of hydrazine groups is 1. The highest BCUT2D eigenvalue weighted by atomic mass is 32.1. The van der Waals surface area contributed by atoms with Crippen LogP contribution in [0.3, 0.4) is 0 Å². The van der Waals surface area contributed by atoms with Crippen molar-refractivity contribution in [3.8, 4) is 11.3 Å². The Morgan fingerprint density at radius 1 is 1.20 bits per heavy atom. The number of nitrogens with zero attached hydrogens (tertiary/aromatic N) is 1. The zero-order valence-electron chi connectivity index (χ0n) is 8.74. The molecule has 0 aliphatic carbocycles.